The number of nitrogens with zero attached hydrogens (tertiary/aromatic N) is 2. The van der Waals surface area contributed by atoms with Crippen LogP contribution >= 0.6 is 22.9 Å². The van der Waals surface area contributed by atoms with Gasteiger partial charge in [0.05, 0.1) is 17.7 Å². The molecule has 0 unspecified atom stereocenters. The third-order valence-corrected chi connectivity index (χ3v) is 3.55. The van der Waals surface area contributed by atoms with E-state index in [0.29, 0.717) is 15.2 Å². The maximum atomic E-state index is 11.1. The second kappa shape index (κ2) is 7.61. The van der Waals surface area contributed by atoms with Crippen LogP contribution in [0.3, 0.4) is 0 Å². The van der Waals surface area contributed by atoms with Gasteiger partial charge in [-0.15, -0.1) is 0 Å². The van der Waals surface area contributed by atoms with E-state index in [9.17, 15) is 4.79 Å². The highest BCUT2D eigenvalue weighted by molar-refractivity contribution is 7.17. The molecule has 0 aliphatic heterocycles. The van der Waals surface area contributed by atoms with Crippen molar-refractivity contribution in [2.24, 2.45) is 5.10 Å². The van der Waals surface area contributed by atoms with Gasteiger partial charge in [0.15, 0.2) is 10.3 Å². The molecule has 0 aliphatic rings. The minimum absolute atomic E-state index is 0.286. The van der Waals surface area contributed by atoms with Crippen molar-refractivity contribution < 1.29 is 9.53 Å². The van der Waals surface area contributed by atoms with E-state index >= 15 is 0 Å². The highest BCUT2D eigenvalue weighted by Crippen LogP contribution is 2.27. The van der Waals surface area contributed by atoms with Crippen LogP contribution < -0.4 is 10.7 Å². The van der Waals surface area contributed by atoms with E-state index in [2.05, 4.69) is 25.6 Å². The van der Waals surface area contributed by atoms with Crippen molar-refractivity contribution in [1.29, 1.82) is 0 Å². The number of thiazole rings is 1. The average molecular weight is 325 g/mol. The second-order valence-electron chi connectivity index (χ2n) is 3.76. The number of anilines is 2. The molecule has 2 aromatic rings. The van der Waals surface area contributed by atoms with Crippen LogP contribution in [0.5, 0.6) is 0 Å². The molecule has 6 nitrogen and oxygen atoms in total. The van der Waals surface area contributed by atoms with Crippen LogP contribution in [0.1, 0.15) is 11.8 Å². The van der Waals surface area contributed by atoms with E-state index in [4.69, 9.17) is 11.6 Å². The van der Waals surface area contributed by atoms with Crippen molar-refractivity contribution in [2.75, 3.05) is 11.9 Å². The Morgan fingerprint density at radius 3 is 2.95 bits per heavy atom. The molecule has 0 bridgehead atoms. The lowest BCUT2D eigenvalue weighted by atomic mass is 10.3. The molecule has 110 valence electrons. The normalized spacial score (nSPS) is 10.6. The van der Waals surface area contributed by atoms with Crippen molar-refractivity contribution in [2.45, 2.75) is 6.92 Å². The minimum atomic E-state index is -0.614. The molecule has 0 radical (unpaired) electrons. The summed E-state index contributed by atoms with van der Waals surface area (Å²) < 4.78 is 4.67. The maximum Gasteiger partial charge on any atom is 0.427 e. The van der Waals surface area contributed by atoms with Crippen LogP contribution in [0.4, 0.5) is 15.6 Å². The number of carbonyl (C=O) groups excluding carboxylic acids is 1. The second-order valence-corrected chi connectivity index (χ2v) is 5.14. The van der Waals surface area contributed by atoms with Gasteiger partial charge < -0.3 is 10.1 Å². The lowest BCUT2D eigenvalue weighted by molar-refractivity contribution is 0.152. The van der Waals surface area contributed by atoms with Gasteiger partial charge in [-0.3, -0.25) is 0 Å². The number of benzene rings is 1. The number of rotatable bonds is 5. The first-order valence-corrected chi connectivity index (χ1v) is 7.32. The molecule has 0 fully saturated rings. The molecule has 1 heterocycles. The van der Waals surface area contributed by atoms with Gasteiger partial charge in [-0.05, 0) is 19.1 Å². The molecule has 1 aromatic heterocycles. The van der Waals surface area contributed by atoms with Gasteiger partial charge in [0.25, 0.3) is 0 Å². The first-order valence-electron chi connectivity index (χ1n) is 6.13. The number of hydrogen-bond acceptors (Lipinski definition) is 6. The van der Waals surface area contributed by atoms with Gasteiger partial charge in [-0.1, -0.05) is 41.1 Å². The SMILES string of the molecule is CCOC(=O)N/N=C/c1sc(Nc2ccccc2)nc1Cl. The zero-order valence-corrected chi connectivity index (χ0v) is 12.7. The predicted octanol–water partition coefficient (Wildman–Crippen LogP) is 3.62. The molecule has 0 spiro atoms. The summed E-state index contributed by atoms with van der Waals surface area (Å²) >= 11 is 7.34. The van der Waals surface area contributed by atoms with E-state index < -0.39 is 6.09 Å². The van der Waals surface area contributed by atoms with E-state index in [-0.39, 0.29) is 6.61 Å². The minimum Gasteiger partial charge on any atom is -0.449 e. The van der Waals surface area contributed by atoms with E-state index in [1.54, 1.807) is 6.92 Å². The molecule has 1 amide bonds. The van der Waals surface area contributed by atoms with E-state index in [1.807, 2.05) is 30.3 Å². The first kappa shape index (κ1) is 15.3. The number of halogens is 1. The van der Waals surface area contributed by atoms with Gasteiger partial charge in [0, 0.05) is 5.69 Å². The Bertz CT molecular complexity index is 630. The van der Waals surface area contributed by atoms with Crippen molar-refractivity contribution in [1.82, 2.24) is 10.4 Å². The number of carbonyl (C=O) groups is 1. The number of hydrazone groups is 1. The molecule has 0 atom stereocenters. The monoisotopic (exact) mass is 324 g/mol. The highest BCUT2D eigenvalue weighted by atomic mass is 35.5. The Balaban J connectivity index is 1.99. The fourth-order valence-electron chi connectivity index (χ4n) is 1.40. The number of hydrogen-bond donors (Lipinski definition) is 2. The fraction of sp³-hybridized carbons (Fsp3) is 0.154. The summed E-state index contributed by atoms with van der Waals surface area (Å²) in [5.74, 6) is 0. The third kappa shape index (κ3) is 4.73. The fourth-order valence-corrected chi connectivity index (χ4v) is 2.45. The zero-order valence-electron chi connectivity index (χ0n) is 11.2. The highest BCUT2D eigenvalue weighted by Gasteiger charge is 2.08. The summed E-state index contributed by atoms with van der Waals surface area (Å²) in [6, 6.07) is 9.61. The van der Waals surface area contributed by atoms with Crippen molar-refractivity contribution in [3.8, 4) is 0 Å². The summed E-state index contributed by atoms with van der Waals surface area (Å²) in [6.07, 6.45) is 0.810. The van der Waals surface area contributed by atoms with Gasteiger partial charge in [0.2, 0.25) is 0 Å². The smallest absolute Gasteiger partial charge is 0.427 e. The van der Waals surface area contributed by atoms with Crippen molar-refractivity contribution >= 4 is 46.1 Å². The zero-order chi connectivity index (χ0) is 15.1. The molecule has 0 aliphatic carbocycles. The molecule has 2 N–H and O–H groups in total. The van der Waals surface area contributed by atoms with Crippen LogP contribution in [0.2, 0.25) is 5.15 Å². The number of nitrogens with one attached hydrogen (secondary N) is 2. The molecular formula is C13H13ClN4O2S. The lowest BCUT2D eigenvalue weighted by Crippen LogP contribution is -2.18. The van der Waals surface area contributed by atoms with Gasteiger partial charge in [-0.25, -0.2) is 15.2 Å². The van der Waals surface area contributed by atoms with Crippen LogP contribution in [0, 0.1) is 0 Å². The van der Waals surface area contributed by atoms with Gasteiger partial charge in [0.1, 0.15) is 0 Å². The van der Waals surface area contributed by atoms with Gasteiger partial charge in [-0.2, -0.15) is 5.10 Å². The average Bonchev–Trinajstić information content (AvgIpc) is 2.80. The predicted molar refractivity (Wildman–Crippen MR) is 84.6 cm³/mol. The quantitative estimate of drug-likeness (QED) is 0.650. The summed E-state index contributed by atoms with van der Waals surface area (Å²) in [6.45, 7) is 2.00. The molecule has 0 saturated heterocycles. The molecule has 1 aromatic carbocycles. The Morgan fingerprint density at radius 1 is 1.48 bits per heavy atom. The van der Waals surface area contributed by atoms with E-state index in [0.717, 1.165) is 5.69 Å². The Morgan fingerprint density at radius 2 is 2.24 bits per heavy atom. The van der Waals surface area contributed by atoms with Crippen LogP contribution in [-0.4, -0.2) is 23.9 Å². The van der Waals surface area contributed by atoms with Crippen LogP contribution in [0.25, 0.3) is 0 Å². The van der Waals surface area contributed by atoms with E-state index in [1.165, 1.54) is 17.6 Å². The number of aromatic nitrogens is 1. The summed E-state index contributed by atoms with van der Waals surface area (Å²) in [5.41, 5.74) is 3.14. The molecule has 2 rings (SSSR count). The summed E-state index contributed by atoms with van der Waals surface area (Å²) in [4.78, 5) is 15.9. The molecule has 8 heteroatoms. The summed E-state index contributed by atoms with van der Waals surface area (Å²) in [5, 5.41) is 7.84. The van der Waals surface area contributed by atoms with Crippen LogP contribution in [-0.2, 0) is 4.74 Å². The Kier molecular flexibility index (Phi) is 5.53. The lowest BCUT2D eigenvalue weighted by Gasteiger charge is -2.00. The Labute approximate surface area is 130 Å². The number of para-hydroxylation sites is 1. The van der Waals surface area contributed by atoms with Crippen molar-refractivity contribution in [3.05, 3.63) is 40.4 Å². The molecule has 21 heavy (non-hydrogen) atoms. The van der Waals surface area contributed by atoms with Crippen LogP contribution in [0.15, 0.2) is 35.4 Å². The number of amides is 1. The standard InChI is InChI=1S/C13H13ClN4O2S/c1-2-20-13(19)18-15-8-10-11(14)17-12(21-10)16-9-6-4-3-5-7-9/h3-8H,2H2,1H3,(H,16,17)(H,18,19)/b15-8+. The summed E-state index contributed by atoms with van der Waals surface area (Å²) in [7, 11) is 0. The van der Waals surface area contributed by atoms with Crippen molar-refractivity contribution in [3.63, 3.8) is 0 Å². The maximum absolute atomic E-state index is 11.1. The molecular weight excluding hydrogens is 312 g/mol. The number of ether oxygens (including phenoxy) is 1. The van der Waals surface area contributed by atoms with Gasteiger partial charge >= 0.3 is 6.09 Å². The largest absolute Gasteiger partial charge is 0.449 e. The Hall–Kier alpha value is -2.12. The third-order valence-electron chi connectivity index (χ3n) is 2.25. The topological polar surface area (TPSA) is 75.6 Å². The first-order chi connectivity index (χ1) is 10.2. The molecule has 0 saturated carbocycles.